The zero-order valence-corrected chi connectivity index (χ0v) is 24.2. The van der Waals surface area contributed by atoms with Gasteiger partial charge in [0.1, 0.15) is 17.4 Å². The molecule has 2 rings (SSSR count). The Balaban J connectivity index is 1.72. The molecule has 0 amide bonds. The molecule has 0 radical (unpaired) electrons. The lowest BCUT2D eigenvalue weighted by Gasteiger charge is -2.19. The third kappa shape index (κ3) is 12.4. The summed E-state index contributed by atoms with van der Waals surface area (Å²) in [5, 5.41) is 0. The van der Waals surface area contributed by atoms with E-state index in [0.29, 0.717) is 25.9 Å². The number of rotatable bonds is 20. The van der Waals surface area contributed by atoms with Crippen molar-refractivity contribution in [1.82, 2.24) is 19.7 Å². The first kappa shape index (κ1) is 31.2. The third-order valence-corrected chi connectivity index (χ3v) is 7.95. The van der Waals surface area contributed by atoms with Crippen LogP contribution in [-0.4, -0.2) is 47.7 Å². The molecule has 2 heterocycles. The van der Waals surface area contributed by atoms with E-state index in [-0.39, 0.29) is 11.7 Å². The maximum atomic E-state index is 12.8. The van der Waals surface area contributed by atoms with Gasteiger partial charge in [-0.05, 0) is 44.6 Å². The van der Waals surface area contributed by atoms with Gasteiger partial charge in [-0.15, -0.1) is 0 Å². The van der Waals surface area contributed by atoms with Gasteiger partial charge in [-0.2, -0.15) is 0 Å². The number of imidazole rings is 1. The first-order valence-electron chi connectivity index (χ1n) is 14.2. The first-order valence-corrected chi connectivity index (χ1v) is 15.8. The van der Waals surface area contributed by atoms with E-state index >= 15 is 0 Å². The molecule has 1 atom stereocenters. The Hall–Kier alpha value is -2.00. The summed E-state index contributed by atoms with van der Waals surface area (Å²) in [6.07, 6.45) is 15.0. The van der Waals surface area contributed by atoms with Gasteiger partial charge in [0.15, 0.2) is 0 Å². The van der Waals surface area contributed by atoms with Crippen LogP contribution in [0.3, 0.4) is 0 Å². The van der Waals surface area contributed by atoms with Gasteiger partial charge in [0.2, 0.25) is 10.0 Å². The number of hydrogen-bond acceptors (Lipinski definition) is 6. The molecule has 0 unspecified atom stereocenters. The Morgan fingerprint density at radius 1 is 1.03 bits per heavy atom. The highest BCUT2D eigenvalue weighted by molar-refractivity contribution is 7.89. The van der Waals surface area contributed by atoms with Crippen LogP contribution in [0.4, 0.5) is 0 Å². The van der Waals surface area contributed by atoms with Gasteiger partial charge in [0.25, 0.3) is 0 Å². The number of carbonyl (C=O) groups is 1. The molecule has 37 heavy (non-hydrogen) atoms. The topological polar surface area (TPSA) is 114 Å². The van der Waals surface area contributed by atoms with Crippen LogP contribution in [0.15, 0.2) is 12.3 Å². The van der Waals surface area contributed by atoms with E-state index in [1.54, 1.807) is 6.20 Å². The number of sulfonamides is 1. The molecule has 0 saturated carbocycles. The second-order valence-corrected chi connectivity index (χ2v) is 12.4. The predicted molar refractivity (Wildman–Crippen MR) is 150 cm³/mol. The fraction of sp³-hybridized carbons (Fsp3) is 0.750. The molecule has 8 nitrogen and oxygen atoms in total. The molecule has 0 fully saturated rings. The number of nitrogens with one attached hydrogen (secondary N) is 2. The van der Waals surface area contributed by atoms with E-state index < -0.39 is 22.0 Å². The molecule has 0 aliphatic heterocycles. The minimum atomic E-state index is -3.65. The minimum absolute atomic E-state index is 0.0885. The molecular formula is C28H48N4O4S. The molecule has 0 aliphatic carbocycles. The standard InChI is InChI=1S/C28H48N4O4S/c1-5-6-7-8-9-10-11-12-13-14-19-36-28(33)26(21-22(2)3)32-37(34,35)20-15-16-24-27-25(17-18-29-24)30-23(4)31-27/h17-18,22,26,32H,5-16,19-21H2,1-4H3,(H,30,31)/t26-/m0/s1. The molecule has 0 aliphatic rings. The van der Waals surface area contributed by atoms with Gasteiger partial charge in [-0.3, -0.25) is 9.78 Å². The number of fused-ring (bicyclic) bond motifs is 1. The zero-order chi connectivity index (χ0) is 27.1. The van der Waals surface area contributed by atoms with Crippen LogP contribution in [0.1, 0.15) is 109 Å². The smallest absolute Gasteiger partial charge is 0.324 e. The lowest BCUT2D eigenvalue weighted by molar-refractivity contribution is -0.146. The Labute approximate surface area is 223 Å². The average Bonchev–Trinajstić information content (AvgIpc) is 3.22. The number of aryl methyl sites for hydroxylation is 2. The summed E-state index contributed by atoms with van der Waals surface area (Å²) in [5.41, 5.74) is 2.44. The van der Waals surface area contributed by atoms with Crippen LogP contribution in [0.2, 0.25) is 0 Å². The van der Waals surface area contributed by atoms with Crippen molar-refractivity contribution in [3.05, 3.63) is 23.8 Å². The molecule has 0 aromatic carbocycles. The number of H-pyrrole nitrogens is 1. The van der Waals surface area contributed by atoms with E-state index in [4.69, 9.17) is 4.74 Å². The highest BCUT2D eigenvalue weighted by atomic mass is 32.2. The minimum Gasteiger partial charge on any atom is -0.465 e. The summed E-state index contributed by atoms with van der Waals surface area (Å²) in [6.45, 7) is 8.38. The highest BCUT2D eigenvalue weighted by Gasteiger charge is 2.26. The Morgan fingerprint density at radius 2 is 1.68 bits per heavy atom. The van der Waals surface area contributed by atoms with Crippen LogP contribution >= 0.6 is 0 Å². The molecule has 0 bridgehead atoms. The molecule has 2 aromatic heterocycles. The van der Waals surface area contributed by atoms with Crippen molar-refractivity contribution in [2.45, 2.75) is 117 Å². The van der Waals surface area contributed by atoms with Gasteiger partial charge in [0.05, 0.1) is 23.6 Å². The number of hydrogen-bond donors (Lipinski definition) is 2. The van der Waals surface area contributed by atoms with Crippen molar-refractivity contribution >= 4 is 27.0 Å². The molecule has 2 aromatic rings. The van der Waals surface area contributed by atoms with Crippen molar-refractivity contribution in [2.75, 3.05) is 12.4 Å². The molecule has 0 saturated heterocycles. The van der Waals surface area contributed by atoms with Gasteiger partial charge in [-0.25, -0.2) is 18.1 Å². The van der Waals surface area contributed by atoms with Gasteiger partial charge in [-0.1, -0.05) is 78.6 Å². The van der Waals surface area contributed by atoms with Crippen LogP contribution in [0.25, 0.3) is 11.0 Å². The summed E-state index contributed by atoms with van der Waals surface area (Å²) in [6, 6.07) is 0.998. The van der Waals surface area contributed by atoms with Crippen molar-refractivity contribution in [3.8, 4) is 0 Å². The summed E-state index contributed by atoms with van der Waals surface area (Å²) in [7, 11) is -3.65. The molecule has 2 N–H and O–H groups in total. The zero-order valence-electron chi connectivity index (χ0n) is 23.4. The fourth-order valence-corrected chi connectivity index (χ4v) is 5.80. The van der Waals surface area contributed by atoms with E-state index in [2.05, 4.69) is 26.6 Å². The third-order valence-electron chi connectivity index (χ3n) is 6.48. The number of pyridine rings is 1. The number of ether oxygens (including phenoxy) is 1. The van der Waals surface area contributed by atoms with Crippen molar-refractivity contribution < 1.29 is 17.9 Å². The van der Waals surface area contributed by atoms with Crippen molar-refractivity contribution in [2.24, 2.45) is 5.92 Å². The first-order chi connectivity index (χ1) is 17.7. The second-order valence-electron chi connectivity index (χ2n) is 10.5. The Morgan fingerprint density at radius 3 is 2.32 bits per heavy atom. The van der Waals surface area contributed by atoms with Gasteiger partial charge >= 0.3 is 5.97 Å². The van der Waals surface area contributed by atoms with Gasteiger partial charge in [0, 0.05) is 6.20 Å². The maximum absolute atomic E-state index is 12.8. The Bertz CT molecular complexity index is 1040. The average molecular weight is 537 g/mol. The number of nitrogens with zero attached hydrogens (tertiary/aromatic N) is 2. The van der Waals surface area contributed by atoms with Crippen LogP contribution in [0, 0.1) is 12.8 Å². The van der Waals surface area contributed by atoms with Crippen LogP contribution < -0.4 is 4.72 Å². The molecule has 0 spiro atoms. The fourth-order valence-electron chi connectivity index (χ4n) is 4.53. The summed E-state index contributed by atoms with van der Waals surface area (Å²) >= 11 is 0. The van der Waals surface area contributed by atoms with E-state index in [1.165, 1.54) is 44.9 Å². The lowest BCUT2D eigenvalue weighted by atomic mass is 10.0. The van der Waals surface area contributed by atoms with Crippen LogP contribution in [-0.2, 0) is 26.0 Å². The maximum Gasteiger partial charge on any atom is 0.324 e. The Kier molecular flexibility index (Phi) is 14.1. The van der Waals surface area contributed by atoms with E-state index in [0.717, 1.165) is 41.8 Å². The number of esters is 1. The van der Waals surface area contributed by atoms with Gasteiger partial charge < -0.3 is 9.72 Å². The van der Waals surface area contributed by atoms with Crippen LogP contribution in [0.5, 0.6) is 0 Å². The molecule has 9 heteroatoms. The quantitative estimate of drug-likeness (QED) is 0.159. The van der Waals surface area contributed by atoms with Crippen molar-refractivity contribution in [3.63, 3.8) is 0 Å². The SMILES string of the molecule is CCCCCCCCCCCCOC(=O)[C@H](CC(C)C)NS(=O)(=O)CCCc1nccc2[nH]c(C)nc12. The summed E-state index contributed by atoms with van der Waals surface area (Å²) in [4.78, 5) is 24.7. The predicted octanol–water partition coefficient (Wildman–Crippen LogP) is 6.00. The summed E-state index contributed by atoms with van der Waals surface area (Å²) in [5.74, 6) is 0.384. The largest absolute Gasteiger partial charge is 0.465 e. The number of aromatic nitrogens is 3. The highest BCUT2D eigenvalue weighted by Crippen LogP contribution is 2.16. The van der Waals surface area contributed by atoms with E-state index in [9.17, 15) is 13.2 Å². The molecular weight excluding hydrogens is 488 g/mol. The normalized spacial score (nSPS) is 12.9. The lowest BCUT2D eigenvalue weighted by Crippen LogP contribution is -2.43. The molecule has 210 valence electrons. The second kappa shape index (κ2) is 16.8. The number of aromatic amines is 1. The number of carbonyl (C=O) groups excluding carboxylic acids is 1. The van der Waals surface area contributed by atoms with E-state index in [1.807, 2.05) is 26.8 Å². The summed E-state index contributed by atoms with van der Waals surface area (Å²) < 4.78 is 33.6. The number of unbranched alkanes of at least 4 members (excludes halogenated alkanes) is 9. The monoisotopic (exact) mass is 536 g/mol. The van der Waals surface area contributed by atoms with Crippen molar-refractivity contribution in [1.29, 1.82) is 0 Å².